The summed E-state index contributed by atoms with van der Waals surface area (Å²) < 4.78 is 0. The van der Waals surface area contributed by atoms with Crippen molar-refractivity contribution >= 4 is 18.3 Å². The van der Waals surface area contributed by atoms with Gasteiger partial charge in [0.15, 0.2) is 0 Å². The molecule has 3 N–H and O–H groups in total. The first-order valence-corrected chi connectivity index (χ1v) is 7.33. The van der Waals surface area contributed by atoms with Crippen LogP contribution in [0.5, 0.6) is 0 Å². The number of carbonyl (C=O) groups is 1. The van der Waals surface area contributed by atoms with Crippen molar-refractivity contribution in [2.75, 3.05) is 0 Å². The van der Waals surface area contributed by atoms with Crippen LogP contribution >= 0.6 is 12.4 Å². The lowest BCUT2D eigenvalue weighted by Crippen LogP contribution is -2.43. The zero-order valence-electron chi connectivity index (χ0n) is 11.2. The third-order valence-electron chi connectivity index (χ3n) is 4.36. The average Bonchev–Trinajstić information content (AvgIpc) is 2.68. The maximum Gasteiger partial charge on any atom is 0.224 e. The van der Waals surface area contributed by atoms with E-state index in [-0.39, 0.29) is 30.3 Å². The molecule has 1 amide bonds. The Morgan fingerprint density at radius 3 is 2.06 bits per heavy atom. The fourth-order valence-corrected chi connectivity index (χ4v) is 3.22. The standard InChI is InChI=1S/C14H26N2O.ClH/c15-13-10-6-9-12(13)14(17)16-11-7-4-2-1-3-5-8-11;/h11-13H,1-10,15H2,(H,16,17);1H. The number of nitrogens with two attached hydrogens (primary N) is 1. The Morgan fingerprint density at radius 1 is 0.889 bits per heavy atom. The molecule has 2 fully saturated rings. The molecule has 2 unspecified atom stereocenters. The summed E-state index contributed by atoms with van der Waals surface area (Å²) in [5.74, 6) is 0.306. The van der Waals surface area contributed by atoms with Gasteiger partial charge >= 0.3 is 0 Å². The van der Waals surface area contributed by atoms with Gasteiger partial charge in [0.05, 0.1) is 5.92 Å². The maximum absolute atomic E-state index is 12.1. The quantitative estimate of drug-likeness (QED) is 0.814. The average molecular weight is 275 g/mol. The molecule has 0 aliphatic heterocycles. The van der Waals surface area contributed by atoms with Crippen molar-refractivity contribution in [3.8, 4) is 0 Å². The predicted octanol–water partition coefficient (Wildman–Crippen LogP) is 2.76. The molecule has 2 saturated carbocycles. The fraction of sp³-hybridized carbons (Fsp3) is 0.929. The van der Waals surface area contributed by atoms with E-state index in [1.165, 1.54) is 32.1 Å². The molecular formula is C14H27ClN2O. The summed E-state index contributed by atoms with van der Waals surface area (Å²) in [6, 6.07) is 0.513. The van der Waals surface area contributed by atoms with E-state index in [0.717, 1.165) is 32.1 Å². The number of carbonyl (C=O) groups excluding carboxylic acids is 1. The summed E-state index contributed by atoms with van der Waals surface area (Å²) in [4.78, 5) is 12.1. The highest BCUT2D eigenvalue weighted by molar-refractivity contribution is 5.85. The van der Waals surface area contributed by atoms with Crippen molar-refractivity contribution in [2.24, 2.45) is 11.7 Å². The van der Waals surface area contributed by atoms with Crippen molar-refractivity contribution in [3.63, 3.8) is 0 Å². The molecule has 106 valence electrons. The van der Waals surface area contributed by atoms with E-state index < -0.39 is 0 Å². The number of nitrogens with one attached hydrogen (secondary N) is 1. The van der Waals surface area contributed by atoms with Gasteiger partial charge in [0.25, 0.3) is 0 Å². The van der Waals surface area contributed by atoms with E-state index in [4.69, 9.17) is 5.73 Å². The molecule has 0 saturated heterocycles. The van der Waals surface area contributed by atoms with Gasteiger partial charge < -0.3 is 11.1 Å². The zero-order chi connectivity index (χ0) is 12.1. The molecular weight excluding hydrogens is 248 g/mol. The summed E-state index contributed by atoms with van der Waals surface area (Å²) in [6.45, 7) is 0. The first-order chi connectivity index (χ1) is 8.27. The second-order valence-electron chi connectivity index (χ2n) is 5.75. The molecule has 0 bridgehead atoms. The zero-order valence-corrected chi connectivity index (χ0v) is 12.0. The van der Waals surface area contributed by atoms with E-state index >= 15 is 0 Å². The van der Waals surface area contributed by atoms with E-state index in [9.17, 15) is 4.79 Å². The minimum atomic E-state index is 0. The first kappa shape index (κ1) is 15.8. The molecule has 2 aliphatic carbocycles. The van der Waals surface area contributed by atoms with Crippen LogP contribution in [0, 0.1) is 5.92 Å². The van der Waals surface area contributed by atoms with Crippen molar-refractivity contribution in [3.05, 3.63) is 0 Å². The number of hydrogen-bond acceptors (Lipinski definition) is 2. The van der Waals surface area contributed by atoms with Gasteiger partial charge in [-0.05, 0) is 25.7 Å². The fourth-order valence-electron chi connectivity index (χ4n) is 3.22. The van der Waals surface area contributed by atoms with Crippen molar-refractivity contribution in [1.82, 2.24) is 5.32 Å². The molecule has 0 radical (unpaired) electrons. The smallest absolute Gasteiger partial charge is 0.224 e. The Morgan fingerprint density at radius 2 is 1.50 bits per heavy atom. The second-order valence-corrected chi connectivity index (χ2v) is 5.75. The van der Waals surface area contributed by atoms with Crippen LogP contribution in [0.1, 0.15) is 64.2 Å². The third kappa shape index (κ3) is 4.43. The van der Waals surface area contributed by atoms with Crippen LogP contribution in [0.4, 0.5) is 0 Å². The number of amides is 1. The molecule has 0 aromatic rings. The molecule has 3 nitrogen and oxygen atoms in total. The highest BCUT2D eigenvalue weighted by Gasteiger charge is 2.31. The Hall–Kier alpha value is -0.280. The lowest BCUT2D eigenvalue weighted by atomic mass is 9.95. The number of hydrogen-bond donors (Lipinski definition) is 2. The van der Waals surface area contributed by atoms with Crippen LogP contribution in [-0.4, -0.2) is 18.0 Å². The molecule has 4 heteroatoms. The van der Waals surface area contributed by atoms with Crippen LogP contribution in [-0.2, 0) is 4.79 Å². The van der Waals surface area contributed by atoms with Gasteiger partial charge in [-0.2, -0.15) is 0 Å². The monoisotopic (exact) mass is 274 g/mol. The van der Waals surface area contributed by atoms with Crippen LogP contribution in [0.15, 0.2) is 0 Å². The summed E-state index contributed by atoms with van der Waals surface area (Å²) in [7, 11) is 0. The molecule has 0 heterocycles. The van der Waals surface area contributed by atoms with E-state index in [0.29, 0.717) is 6.04 Å². The number of rotatable bonds is 2. The molecule has 2 rings (SSSR count). The Labute approximate surface area is 117 Å². The van der Waals surface area contributed by atoms with Crippen molar-refractivity contribution in [2.45, 2.75) is 76.3 Å². The third-order valence-corrected chi connectivity index (χ3v) is 4.36. The normalized spacial score (nSPS) is 30.1. The highest BCUT2D eigenvalue weighted by atomic mass is 35.5. The molecule has 0 spiro atoms. The minimum Gasteiger partial charge on any atom is -0.353 e. The second kappa shape index (κ2) is 8.00. The van der Waals surface area contributed by atoms with Crippen LogP contribution in [0.3, 0.4) is 0 Å². The SMILES string of the molecule is Cl.NC1CCCC1C(=O)NC1CCCCCCC1. The van der Waals surface area contributed by atoms with Gasteiger partial charge in [-0.1, -0.05) is 38.5 Å². The highest BCUT2D eigenvalue weighted by Crippen LogP contribution is 2.25. The molecule has 2 aliphatic rings. The summed E-state index contributed by atoms with van der Waals surface area (Å²) in [5, 5.41) is 3.24. The number of halogens is 1. The Kier molecular flexibility index (Phi) is 7.02. The van der Waals surface area contributed by atoms with Crippen molar-refractivity contribution in [1.29, 1.82) is 0 Å². The first-order valence-electron chi connectivity index (χ1n) is 7.33. The van der Waals surface area contributed by atoms with E-state index in [2.05, 4.69) is 5.32 Å². The van der Waals surface area contributed by atoms with Gasteiger partial charge in [-0.25, -0.2) is 0 Å². The molecule has 0 aromatic carbocycles. The lowest BCUT2D eigenvalue weighted by molar-refractivity contribution is -0.126. The van der Waals surface area contributed by atoms with Gasteiger partial charge in [0, 0.05) is 12.1 Å². The van der Waals surface area contributed by atoms with Crippen LogP contribution < -0.4 is 11.1 Å². The van der Waals surface area contributed by atoms with Crippen LogP contribution in [0.2, 0.25) is 0 Å². The lowest BCUT2D eigenvalue weighted by Gasteiger charge is -2.24. The van der Waals surface area contributed by atoms with Gasteiger partial charge in [-0.3, -0.25) is 4.79 Å². The maximum atomic E-state index is 12.1. The molecule has 2 atom stereocenters. The van der Waals surface area contributed by atoms with Gasteiger partial charge in [0.1, 0.15) is 0 Å². The summed E-state index contributed by atoms with van der Waals surface area (Å²) in [5.41, 5.74) is 5.98. The Balaban J connectivity index is 0.00000162. The van der Waals surface area contributed by atoms with Crippen LogP contribution in [0.25, 0.3) is 0 Å². The van der Waals surface area contributed by atoms with Gasteiger partial charge in [0.2, 0.25) is 5.91 Å². The van der Waals surface area contributed by atoms with Crippen molar-refractivity contribution < 1.29 is 4.79 Å². The topological polar surface area (TPSA) is 55.1 Å². The predicted molar refractivity (Wildman–Crippen MR) is 76.8 cm³/mol. The largest absolute Gasteiger partial charge is 0.353 e. The molecule has 18 heavy (non-hydrogen) atoms. The summed E-state index contributed by atoms with van der Waals surface area (Å²) >= 11 is 0. The van der Waals surface area contributed by atoms with E-state index in [1.54, 1.807) is 0 Å². The van der Waals surface area contributed by atoms with Gasteiger partial charge in [-0.15, -0.1) is 12.4 Å². The molecule has 0 aromatic heterocycles. The minimum absolute atomic E-state index is 0. The Bertz CT molecular complexity index is 252. The summed E-state index contributed by atoms with van der Waals surface area (Å²) in [6.07, 6.45) is 12.0. The van der Waals surface area contributed by atoms with E-state index in [1.807, 2.05) is 0 Å².